The Morgan fingerprint density at radius 1 is 1.42 bits per heavy atom. The summed E-state index contributed by atoms with van der Waals surface area (Å²) >= 11 is 0. The molecule has 0 aromatic heterocycles. The van der Waals surface area contributed by atoms with Gasteiger partial charge in [0.05, 0.1) is 19.3 Å². The predicted molar refractivity (Wildman–Crippen MR) is 76.7 cm³/mol. The van der Waals surface area contributed by atoms with Crippen molar-refractivity contribution in [2.75, 3.05) is 44.5 Å². The van der Waals surface area contributed by atoms with Gasteiger partial charge < -0.3 is 20.1 Å². The number of aryl methyl sites for hydroxylation is 1. The fourth-order valence-corrected chi connectivity index (χ4v) is 1.75. The number of carbonyl (C=O) groups is 1. The third kappa shape index (κ3) is 3.86. The zero-order chi connectivity index (χ0) is 14.4. The van der Waals surface area contributed by atoms with Crippen molar-refractivity contribution in [1.29, 1.82) is 0 Å². The van der Waals surface area contributed by atoms with Crippen LogP contribution in [-0.2, 0) is 9.47 Å². The molecule has 0 amide bonds. The van der Waals surface area contributed by atoms with E-state index in [-0.39, 0.29) is 0 Å². The van der Waals surface area contributed by atoms with Gasteiger partial charge in [0.25, 0.3) is 0 Å². The molecule has 0 aliphatic carbocycles. The summed E-state index contributed by atoms with van der Waals surface area (Å²) < 4.78 is 10.1. The molecule has 0 aliphatic rings. The Hall–Kier alpha value is -1.75. The Morgan fingerprint density at radius 3 is 2.68 bits per heavy atom. The molecule has 106 valence electrons. The maximum atomic E-state index is 11.7. The van der Waals surface area contributed by atoms with Crippen LogP contribution in [0.4, 0.5) is 11.4 Å². The quantitative estimate of drug-likeness (QED) is 0.483. The molecule has 5 heteroatoms. The SMILES string of the molecule is CCOCCN(C)c1cc(C)c(N)c(C(=O)OC)c1. The maximum Gasteiger partial charge on any atom is 0.340 e. The van der Waals surface area contributed by atoms with Crippen LogP contribution in [0.5, 0.6) is 0 Å². The average Bonchev–Trinajstić information content (AvgIpc) is 2.40. The molecule has 1 aromatic rings. The van der Waals surface area contributed by atoms with Gasteiger partial charge in [-0.05, 0) is 31.5 Å². The molecular formula is C14H22N2O3. The van der Waals surface area contributed by atoms with E-state index >= 15 is 0 Å². The number of nitrogen functional groups attached to an aromatic ring is 1. The Kier molecular flexibility index (Phi) is 5.63. The number of benzene rings is 1. The van der Waals surface area contributed by atoms with Crippen molar-refractivity contribution in [3.05, 3.63) is 23.3 Å². The van der Waals surface area contributed by atoms with Gasteiger partial charge in [-0.25, -0.2) is 4.79 Å². The van der Waals surface area contributed by atoms with Crippen LogP contribution in [0, 0.1) is 6.92 Å². The van der Waals surface area contributed by atoms with Crippen LogP contribution < -0.4 is 10.6 Å². The van der Waals surface area contributed by atoms with E-state index < -0.39 is 5.97 Å². The van der Waals surface area contributed by atoms with E-state index in [1.807, 2.05) is 31.9 Å². The molecule has 0 bridgehead atoms. The van der Waals surface area contributed by atoms with Gasteiger partial charge in [0, 0.05) is 31.6 Å². The van der Waals surface area contributed by atoms with E-state index in [0.717, 1.165) is 17.8 Å². The van der Waals surface area contributed by atoms with E-state index in [9.17, 15) is 4.79 Å². The van der Waals surface area contributed by atoms with Gasteiger partial charge in [-0.15, -0.1) is 0 Å². The van der Waals surface area contributed by atoms with E-state index in [2.05, 4.69) is 0 Å². The fraction of sp³-hybridized carbons (Fsp3) is 0.500. The summed E-state index contributed by atoms with van der Waals surface area (Å²) in [5, 5.41) is 0. The largest absolute Gasteiger partial charge is 0.465 e. The Bertz CT molecular complexity index is 447. The number of nitrogens with two attached hydrogens (primary N) is 1. The van der Waals surface area contributed by atoms with Crippen LogP contribution in [0.2, 0.25) is 0 Å². The number of rotatable bonds is 6. The minimum Gasteiger partial charge on any atom is -0.465 e. The molecule has 0 saturated carbocycles. The van der Waals surface area contributed by atoms with E-state index in [1.165, 1.54) is 7.11 Å². The number of carbonyl (C=O) groups excluding carboxylic acids is 1. The summed E-state index contributed by atoms with van der Waals surface area (Å²) in [5.41, 5.74) is 8.56. The van der Waals surface area contributed by atoms with Gasteiger partial charge in [-0.3, -0.25) is 0 Å². The molecule has 1 aromatic carbocycles. The number of likely N-dealkylation sites (N-methyl/N-ethyl adjacent to an activating group) is 1. The van der Waals surface area contributed by atoms with Gasteiger partial charge in [0.15, 0.2) is 0 Å². The smallest absolute Gasteiger partial charge is 0.340 e. The van der Waals surface area contributed by atoms with E-state index in [4.69, 9.17) is 15.2 Å². The van der Waals surface area contributed by atoms with Gasteiger partial charge >= 0.3 is 5.97 Å². The molecule has 0 fully saturated rings. The summed E-state index contributed by atoms with van der Waals surface area (Å²) in [6.45, 7) is 5.92. The Labute approximate surface area is 114 Å². The highest BCUT2D eigenvalue weighted by Gasteiger charge is 2.14. The van der Waals surface area contributed by atoms with Crippen LogP contribution in [0.1, 0.15) is 22.8 Å². The lowest BCUT2D eigenvalue weighted by molar-refractivity contribution is 0.0602. The van der Waals surface area contributed by atoms with Crippen molar-refractivity contribution < 1.29 is 14.3 Å². The van der Waals surface area contributed by atoms with Crippen molar-refractivity contribution in [1.82, 2.24) is 0 Å². The summed E-state index contributed by atoms with van der Waals surface area (Å²) in [6, 6.07) is 3.70. The normalized spacial score (nSPS) is 10.3. The minimum atomic E-state index is -0.416. The second-order valence-electron chi connectivity index (χ2n) is 4.33. The monoisotopic (exact) mass is 266 g/mol. The number of ether oxygens (including phenoxy) is 2. The number of nitrogens with zero attached hydrogens (tertiary/aromatic N) is 1. The van der Waals surface area contributed by atoms with Crippen LogP contribution >= 0.6 is 0 Å². The number of methoxy groups -OCH3 is 1. The molecule has 0 radical (unpaired) electrons. The molecule has 1 rings (SSSR count). The van der Waals surface area contributed by atoms with Crippen molar-refractivity contribution in [2.24, 2.45) is 0 Å². The molecule has 19 heavy (non-hydrogen) atoms. The molecular weight excluding hydrogens is 244 g/mol. The van der Waals surface area contributed by atoms with Crippen molar-refractivity contribution >= 4 is 17.3 Å². The first-order valence-electron chi connectivity index (χ1n) is 6.28. The average molecular weight is 266 g/mol. The number of esters is 1. The summed E-state index contributed by atoms with van der Waals surface area (Å²) in [7, 11) is 3.30. The van der Waals surface area contributed by atoms with Crippen molar-refractivity contribution in [3.63, 3.8) is 0 Å². The van der Waals surface area contributed by atoms with Crippen molar-refractivity contribution in [2.45, 2.75) is 13.8 Å². The van der Waals surface area contributed by atoms with Gasteiger partial charge in [0.2, 0.25) is 0 Å². The maximum absolute atomic E-state index is 11.7. The molecule has 5 nitrogen and oxygen atoms in total. The highest BCUT2D eigenvalue weighted by atomic mass is 16.5. The molecule has 0 atom stereocenters. The third-order valence-corrected chi connectivity index (χ3v) is 2.99. The molecule has 0 saturated heterocycles. The van der Waals surface area contributed by atoms with E-state index in [0.29, 0.717) is 24.5 Å². The number of anilines is 2. The molecule has 0 unspecified atom stereocenters. The van der Waals surface area contributed by atoms with Gasteiger partial charge in [-0.1, -0.05) is 0 Å². The zero-order valence-electron chi connectivity index (χ0n) is 12.0. The first kappa shape index (κ1) is 15.3. The summed E-state index contributed by atoms with van der Waals surface area (Å²) in [6.07, 6.45) is 0. The van der Waals surface area contributed by atoms with Crippen LogP contribution in [0.3, 0.4) is 0 Å². The first-order valence-corrected chi connectivity index (χ1v) is 6.28. The van der Waals surface area contributed by atoms with E-state index in [1.54, 1.807) is 6.07 Å². The zero-order valence-corrected chi connectivity index (χ0v) is 12.0. The van der Waals surface area contributed by atoms with Crippen LogP contribution in [0.15, 0.2) is 12.1 Å². The Balaban J connectivity index is 2.96. The first-order chi connectivity index (χ1) is 9.01. The highest BCUT2D eigenvalue weighted by Crippen LogP contribution is 2.25. The lowest BCUT2D eigenvalue weighted by Gasteiger charge is -2.21. The molecule has 0 aliphatic heterocycles. The lowest BCUT2D eigenvalue weighted by Crippen LogP contribution is -2.23. The molecule has 0 heterocycles. The standard InChI is InChI=1S/C14H22N2O3/c1-5-19-7-6-16(3)11-8-10(2)13(15)12(9-11)14(17)18-4/h8-9H,5-7,15H2,1-4H3. The topological polar surface area (TPSA) is 64.8 Å². The van der Waals surface area contributed by atoms with Gasteiger partial charge in [0.1, 0.15) is 0 Å². The third-order valence-electron chi connectivity index (χ3n) is 2.99. The molecule has 0 spiro atoms. The number of hydrogen-bond donors (Lipinski definition) is 1. The van der Waals surface area contributed by atoms with Gasteiger partial charge in [-0.2, -0.15) is 0 Å². The Morgan fingerprint density at radius 2 is 2.11 bits per heavy atom. The molecule has 2 N–H and O–H groups in total. The summed E-state index contributed by atoms with van der Waals surface area (Å²) in [4.78, 5) is 13.7. The highest BCUT2D eigenvalue weighted by molar-refractivity contribution is 5.97. The second kappa shape index (κ2) is 6.99. The summed E-state index contributed by atoms with van der Waals surface area (Å²) in [5.74, 6) is -0.416. The minimum absolute atomic E-state index is 0.403. The number of hydrogen-bond acceptors (Lipinski definition) is 5. The van der Waals surface area contributed by atoms with Crippen LogP contribution in [-0.4, -0.2) is 39.9 Å². The fourth-order valence-electron chi connectivity index (χ4n) is 1.75. The van der Waals surface area contributed by atoms with Crippen molar-refractivity contribution in [3.8, 4) is 0 Å². The predicted octanol–water partition coefficient (Wildman–Crippen LogP) is 1.84. The lowest BCUT2D eigenvalue weighted by atomic mass is 10.1. The second-order valence-corrected chi connectivity index (χ2v) is 4.33. The van der Waals surface area contributed by atoms with Crippen LogP contribution in [0.25, 0.3) is 0 Å².